The van der Waals surface area contributed by atoms with Gasteiger partial charge in [0, 0.05) is 5.41 Å². The quantitative estimate of drug-likeness (QED) is 0.864. The van der Waals surface area contributed by atoms with Gasteiger partial charge in [0.25, 0.3) is 0 Å². The van der Waals surface area contributed by atoms with Crippen molar-refractivity contribution in [3.05, 3.63) is 33.4 Å². The Morgan fingerprint density at radius 2 is 1.44 bits per heavy atom. The molecule has 0 aliphatic carbocycles. The largest absolute Gasteiger partial charge is 0.395 e. The lowest BCUT2D eigenvalue weighted by Crippen LogP contribution is -2.26. The van der Waals surface area contributed by atoms with E-state index in [4.69, 9.17) is 0 Å². The maximum absolute atomic E-state index is 10.0. The Morgan fingerprint density at radius 3 is 1.83 bits per heavy atom. The van der Waals surface area contributed by atoms with E-state index >= 15 is 0 Å². The van der Waals surface area contributed by atoms with Gasteiger partial charge in [0.2, 0.25) is 0 Å². The lowest BCUT2D eigenvalue weighted by molar-refractivity contribution is 0.195. The lowest BCUT2D eigenvalue weighted by Gasteiger charge is -2.31. The van der Waals surface area contributed by atoms with Crippen molar-refractivity contribution in [2.45, 2.75) is 60.0 Å². The topological polar surface area (TPSA) is 40.5 Å². The van der Waals surface area contributed by atoms with Crippen molar-refractivity contribution in [2.24, 2.45) is 0 Å². The van der Waals surface area contributed by atoms with Crippen molar-refractivity contribution < 1.29 is 10.2 Å². The molecule has 0 bridgehead atoms. The molecule has 2 nitrogen and oxygen atoms in total. The summed E-state index contributed by atoms with van der Waals surface area (Å²) in [6.45, 7) is 14.3. The molecule has 0 fully saturated rings. The van der Waals surface area contributed by atoms with Crippen LogP contribution in [0.25, 0.3) is 0 Å². The van der Waals surface area contributed by atoms with Crippen LogP contribution in [0.5, 0.6) is 0 Å². The highest BCUT2D eigenvalue weighted by molar-refractivity contribution is 5.53. The minimum Gasteiger partial charge on any atom is -0.395 e. The number of aliphatic hydroxyl groups excluding tert-OH is 2. The molecular weight excluding hydrogens is 224 g/mol. The number of aliphatic hydroxyl groups is 2. The third-order valence-electron chi connectivity index (χ3n) is 4.17. The molecule has 1 aromatic rings. The molecule has 0 heterocycles. The maximum atomic E-state index is 10.0. The molecule has 0 saturated heterocycles. The molecule has 1 aromatic carbocycles. The number of rotatable bonds is 3. The average Bonchev–Trinajstić information content (AvgIpc) is 2.25. The van der Waals surface area contributed by atoms with E-state index in [0.717, 1.165) is 16.7 Å². The fourth-order valence-electron chi connectivity index (χ4n) is 3.09. The van der Waals surface area contributed by atoms with E-state index < -0.39 is 6.10 Å². The van der Waals surface area contributed by atoms with Crippen LogP contribution < -0.4 is 0 Å². The van der Waals surface area contributed by atoms with Crippen LogP contribution in [-0.2, 0) is 5.41 Å². The van der Waals surface area contributed by atoms with Gasteiger partial charge in [-0.25, -0.2) is 0 Å². The van der Waals surface area contributed by atoms with Gasteiger partial charge in [0.1, 0.15) is 0 Å². The van der Waals surface area contributed by atoms with Crippen LogP contribution in [0.4, 0.5) is 0 Å². The first-order valence-electron chi connectivity index (χ1n) is 6.54. The molecule has 0 amide bonds. The van der Waals surface area contributed by atoms with Crippen molar-refractivity contribution in [3.63, 3.8) is 0 Å². The van der Waals surface area contributed by atoms with Crippen LogP contribution in [-0.4, -0.2) is 16.8 Å². The normalized spacial score (nSPS) is 13.8. The van der Waals surface area contributed by atoms with Crippen LogP contribution in [0.1, 0.15) is 60.3 Å². The summed E-state index contributed by atoms with van der Waals surface area (Å²) < 4.78 is 0. The van der Waals surface area contributed by atoms with Crippen molar-refractivity contribution in [2.75, 3.05) is 6.61 Å². The van der Waals surface area contributed by atoms with Crippen LogP contribution in [0.2, 0.25) is 0 Å². The van der Waals surface area contributed by atoms with Gasteiger partial charge < -0.3 is 10.2 Å². The first kappa shape index (κ1) is 15.2. The molecule has 1 rings (SSSR count). The lowest BCUT2D eigenvalue weighted by atomic mass is 9.75. The van der Waals surface area contributed by atoms with Crippen LogP contribution in [0, 0.1) is 27.7 Å². The highest BCUT2D eigenvalue weighted by Crippen LogP contribution is 2.37. The summed E-state index contributed by atoms with van der Waals surface area (Å²) in [6.07, 6.45) is -0.474. The molecule has 0 saturated carbocycles. The molecule has 0 spiro atoms. The fraction of sp³-hybridized carbons (Fsp3) is 0.625. The predicted molar refractivity (Wildman–Crippen MR) is 76.1 cm³/mol. The van der Waals surface area contributed by atoms with Gasteiger partial charge in [-0.1, -0.05) is 13.8 Å². The van der Waals surface area contributed by atoms with Crippen LogP contribution in [0.15, 0.2) is 0 Å². The molecule has 1 unspecified atom stereocenters. The Kier molecular flexibility index (Phi) is 4.24. The summed E-state index contributed by atoms with van der Waals surface area (Å²) in [6, 6.07) is 0. The van der Waals surface area contributed by atoms with Gasteiger partial charge in [-0.05, 0) is 68.0 Å². The standard InChI is InChI=1S/C16H26O2/c1-9-10(2)14(13(5)18)12(4)15(11(9)3)16(6,7)8-17/h13,17-18H,8H2,1-7H3. The second-order valence-electron chi connectivity index (χ2n) is 6.01. The number of benzene rings is 1. The second-order valence-corrected chi connectivity index (χ2v) is 6.01. The van der Waals surface area contributed by atoms with E-state index in [2.05, 4.69) is 20.8 Å². The van der Waals surface area contributed by atoms with Crippen molar-refractivity contribution in [1.82, 2.24) is 0 Å². The Balaban J connectivity index is 3.73. The highest BCUT2D eigenvalue weighted by atomic mass is 16.3. The van der Waals surface area contributed by atoms with Gasteiger partial charge in [0.05, 0.1) is 12.7 Å². The van der Waals surface area contributed by atoms with Crippen LogP contribution in [0.3, 0.4) is 0 Å². The highest BCUT2D eigenvalue weighted by Gasteiger charge is 2.28. The van der Waals surface area contributed by atoms with Crippen molar-refractivity contribution in [1.29, 1.82) is 0 Å². The summed E-state index contributed by atoms with van der Waals surface area (Å²) in [7, 11) is 0. The third-order valence-corrected chi connectivity index (χ3v) is 4.17. The van der Waals surface area contributed by atoms with E-state index in [1.807, 2.05) is 20.8 Å². The number of hydrogen-bond donors (Lipinski definition) is 2. The van der Waals surface area contributed by atoms with E-state index in [1.54, 1.807) is 6.92 Å². The molecule has 18 heavy (non-hydrogen) atoms. The zero-order chi connectivity index (χ0) is 14.2. The molecule has 0 aromatic heterocycles. The molecular formula is C16H26O2. The molecule has 102 valence electrons. The monoisotopic (exact) mass is 250 g/mol. The van der Waals surface area contributed by atoms with Crippen molar-refractivity contribution in [3.8, 4) is 0 Å². The summed E-state index contributed by atoms with van der Waals surface area (Å²) in [5.74, 6) is 0. The Bertz CT molecular complexity index is 457. The minimum atomic E-state index is -0.474. The Hall–Kier alpha value is -0.860. The van der Waals surface area contributed by atoms with Gasteiger partial charge in [-0.2, -0.15) is 0 Å². The average molecular weight is 250 g/mol. The molecule has 1 atom stereocenters. The van der Waals surface area contributed by atoms with Gasteiger partial charge in [0.15, 0.2) is 0 Å². The molecule has 2 heteroatoms. The van der Waals surface area contributed by atoms with E-state index in [-0.39, 0.29) is 12.0 Å². The summed E-state index contributed by atoms with van der Waals surface area (Å²) in [4.78, 5) is 0. The smallest absolute Gasteiger partial charge is 0.0767 e. The zero-order valence-electron chi connectivity index (χ0n) is 12.7. The molecule has 0 aliphatic rings. The molecule has 0 radical (unpaired) electrons. The van der Waals surface area contributed by atoms with E-state index in [1.165, 1.54) is 16.7 Å². The Morgan fingerprint density at radius 1 is 0.944 bits per heavy atom. The maximum Gasteiger partial charge on any atom is 0.0767 e. The Labute approximate surface area is 111 Å². The third kappa shape index (κ3) is 2.32. The first-order valence-corrected chi connectivity index (χ1v) is 6.54. The van der Waals surface area contributed by atoms with Crippen LogP contribution >= 0.6 is 0 Å². The van der Waals surface area contributed by atoms with Gasteiger partial charge >= 0.3 is 0 Å². The second kappa shape index (κ2) is 5.02. The minimum absolute atomic E-state index is 0.108. The van der Waals surface area contributed by atoms with E-state index in [9.17, 15) is 10.2 Å². The van der Waals surface area contributed by atoms with Gasteiger partial charge in [-0.3, -0.25) is 0 Å². The zero-order valence-corrected chi connectivity index (χ0v) is 12.7. The molecule has 0 aliphatic heterocycles. The fourth-order valence-corrected chi connectivity index (χ4v) is 3.09. The predicted octanol–water partition coefficient (Wildman–Crippen LogP) is 3.24. The molecule has 2 N–H and O–H groups in total. The van der Waals surface area contributed by atoms with Crippen molar-refractivity contribution >= 4 is 0 Å². The van der Waals surface area contributed by atoms with E-state index in [0.29, 0.717) is 0 Å². The first-order chi connectivity index (χ1) is 8.15. The summed E-state index contributed by atoms with van der Waals surface area (Å²) in [5, 5.41) is 19.6. The number of hydrogen-bond acceptors (Lipinski definition) is 2. The summed E-state index contributed by atoms with van der Waals surface area (Å²) >= 11 is 0. The SMILES string of the molecule is Cc1c(C)c(C(C)O)c(C)c(C(C)(C)CO)c1C. The van der Waals surface area contributed by atoms with Gasteiger partial charge in [-0.15, -0.1) is 0 Å². The summed E-state index contributed by atoms with van der Waals surface area (Å²) in [5.41, 5.74) is 6.62.